The summed E-state index contributed by atoms with van der Waals surface area (Å²) in [5.74, 6) is 0.155. The third kappa shape index (κ3) is 5.52. The molecule has 31 heavy (non-hydrogen) atoms. The van der Waals surface area contributed by atoms with Crippen molar-refractivity contribution in [1.29, 1.82) is 0 Å². The maximum Gasteiger partial charge on any atom is 0.275 e. The summed E-state index contributed by atoms with van der Waals surface area (Å²) in [5.41, 5.74) is 0.720. The quantitative estimate of drug-likeness (QED) is 0.558. The van der Waals surface area contributed by atoms with Gasteiger partial charge in [0.25, 0.3) is 15.6 Å². The number of methoxy groups -OCH3 is 1. The van der Waals surface area contributed by atoms with E-state index in [1.54, 1.807) is 13.0 Å². The van der Waals surface area contributed by atoms with Crippen LogP contribution in [0.25, 0.3) is 0 Å². The molecular weight excluding hydrogens is 418 g/mol. The van der Waals surface area contributed by atoms with Gasteiger partial charge in [-0.25, -0.2) is 8.42 Å². The van der Waals surface area contributed by atoms with Crippen molar-refractivity contribution in [3.63, 3.8) is 0 Å². The van der Waals surface area contributed by atoms with Crippen LogP contribution < -0.4 is 20.3 Å². The van der Waals surface area contributed by atoms with E-state index in [1.165, 1.54) is 42.0 Å². The summed E-state index contributed by atoms with van der Waals surface area (Å²) in [5, 5.41) is 2.76. The molecule has 0 aliphatic carbocycles. The van der Waals surface area contributed by atoms with Crippen LogP contribution >= 0.6 is 0 Å². The van der Waals surface area contributed by atoms with Crippen molar-refractivity contribution < 1.29 is 17.9 Å². The van der Waals surface area contributed by atoms with Crippen LogP contribution in [-0.2, 0) is 27.9 Å². The van der Waals surface area contributed by atoms with Gasteiger partial charge in [0.2, 0.25) is 5.91 Å². The summed E-state index contributed by atoms with van der Waals surface area (Å²) in [4.78, 5) is 25.2. The Labute approximate surface area is 180 Å². The first-order valence-electron chi connectivity index (χ1n) is 9.48. The molecular formula is C22H23N3O5S. The number of ether oxygens (including phenoxy) is 1. The molecule has 0 bridgehead atoms. The lowest BCUT2D eigenvalue weighted by molar-refractivity contribution is -0.121. The fourth-order valence-electron chi connectivity index (χ4n) is 2.90. The number of aromatic nitrogens is 1. The number of rotatable bonds is 8. The maximum atomic E-state index is 12.8. The monoisotopic (exact) mass is 441 g/mol. The Kier molecular flexibility index (Phi) is 6.76. The Morgan fingerprint density at radius 2 is 1.68 bits per heavy atom. The highest BCUT2D eigenvalue weighted by molar-refractivity contribution is 7.92. The molecule has 2 aromatic carbocycles. The van der Waals surface area contributed by atoms with Gasteiger partial charge in [0.1, 0.15) is 18.0 Å². The van der Waals surface area contributed by atoms with E-state index in [9.17, 15) is 18.0 Å². The van der Waals surface area contributed by atoms with E-state index >= 15 is 0 Å². The minimum absolute atomic E-state index is 0.0135. The number of nitrogens with one attached hydrogen (secondary N) is 2. The second kappa shape index (κ2) is 9.48. The van der Waals surface area contributed by atoms with Gasteiger partial charge in [-0.05, 0) is 48.9 Å². The summed E-state index contributed by atoms with van der Waals surface area (Å²) < 4.78 is 33.9. The minimum atomic E-state index is -3.98. The molecule has 1 aromatic heterocycles. The zero-order valence-electron chi connectivity index (χ0n) is 17.2. The molecule has 3 aromatic rings. The normalized spacial score (nSPS) is 11.0. The number of sulfonamides is 1. The first-order valence-corrected chi connectivity index (χ1v) is 11.0. The largest absolute Gasteiger partial charge is 0.497 e. The van der Waals surface area contributed by atoms with Gasteiger partial charge in [-0.3, -0.25) is 14.3 Å². The zero-order valence-corrected chi connectivity index (χ0v) is 18.0. The fourth-order valence-corrected chi connectivity index (χ4v) is 3.96. The molecule has 0 unspecified atom stereocenters. The van der Waals surface area contributed by atoms with E-state index < -0.39 is 15.6 Å². The van der Waals surface area contributed by atoms with Crippen LogP contribution in [0.3, 0.4) is 0 Å². The summed E-state index contributed by atoms with van der Waals surface area (Å²) in [6.07, 6.45) is 0. The Morgan fingerprint density at radius 3 is 2.32 bits per heavy atom. The molecule has 0 radical (unpaired) electrons. The summed E-state index contributed by atoms with van der Waals surface area (Å²) in [6.45, 7) is 1.78. The topological polar surface area (TPSA) is 106 Å². The Hall–Kier alpha value is -3.59. The molecule has 0 spiro atoms. The van der Waals surface area contributed by atoms with E-state index in [0.29, 0.717) is 18.0 Å². The van der Waals surface area contributed by atoms with Gasteiger partial charge in [0.15, 0.2) is 0 Å². The standard InChI is InChI=1S/C22H23N3O5S/c1-16-8-13-20(24-31(28,29)19-11-9-18(30-2)10-12-19)22(27)25(16)15-21(26)23-14-17-6-4-3-5-7-17/h3-13,24H,14-15H2,1-2H3,(H,23,26). The second-order valence-electron chi connectivity index (χ2n) is 6.82. The van der Waals surface area contributed by atoms with Gasteiger partial charge in [0, 0.05) is 12.2 Å². The van der Waals surface area contributed by atoms with Crippen LogP contribution in [0.4, 0.5) is 5.69 Å². The van der Waals surface area contributed by atoms with Crippen LogP contribution in [0.2, 0.25) is 0 Å². The minimum Gasteiger partial charge on any atom is -0.497 e. The van der Waals surface area contributed by atoms with Crippen molar-refractivity contribution in [3.8, 4) is 5.75 Å². The molecule has 0 aliphatic rings. The molecule has 0 saturated heterocycles. The predicted molar refractivity (Wildman–Crippen MR) is 118 cm³/mol. The van der Waals surface area contributed by atoms with Crippen LogP contribution in [0, 0.1) is 6.92 Å². The number of benzene rings is 2. The third-order valence-electron chi connectivity index (χ3n) is 4.64. The van der Waals surface area contributed by atoms with Gasteiger partial charge in [-0.15, -0.1) is 0 Å². The lowest BCUT2D eigenvalue weighted by Crippen LogP contribution is -2.34. The van der Waals surface area contributed by atoms with Crippen molar-refractivity contribution in [2.45, 2.75) is 24.9 Å². The van der Waals surface area contributed by atoms with E-state index in [2.05, 4.69) is 10.0 Å². The molecule has 9 heteroatoms. The third-order valence-corrected chi connectivity index (χ3v) is 6.02. The molecule has 1 heterocycles. The van der Waals surface area contributed by atoms with Gasteiger partial charge < -0.3 is 14.6 Å². The Bertz CT molecular complexity index is 1220. The van der Waals surface area contributed by atoms with Crippen LogP contribution in [0.5, 0.6) is 5.75 Å². The van der Waals surface area contributed by atoms with Crippen molar-refractivity contribution in [1.82, 2.24) is 9.88 Å². The summed E-state index contributed by atoms with van der Waals surface area (Å²) in [6, 6.07) is 18.1. The van der Waals surface area contributed by atoms with Crippen LogP contribution in [-0.4, -0.2) is 26.0 Å². The highest BCUT2D eigenvalue weighted by Gasteiger charge is 2.18. The number of hydrogen-bond acceptors (Lipinski definition) is 5. The highest BCUT2D eigenvalue weighted by Crippen LogP contribution is 2.18. The van der Waals surface area contributed by atoms with E-state index in [0.717, 1.165) is 5.56 Å². The number of nitrogens with zero attached hydrogens (tertiary/aromatic N) is 1. The molecule has 3 rings (SSSR count). The number of carbonyl (C=O) groups is 1. The average Bonchev–Trinajstić information content (AvgIpc) is 2.78. The van der Waals surface area contributed by atoms with Gasteiger partial charge in [-0.1, -0.05) is 30.3 Å². The van der Waals surface area contributed by atoms with Crippen molar-refractivity contribution in [3.05, 3.63) is 88.3 Å². The molecule has 2 N–H and O–H groups in total. The van der Waals surface area contributed by atoms with E-state index in [1.807, 2.05) is 30.3 Å². The molecule has 1 amide bonds. The summed E-state index contributed by atoms with van der Waals surface area (Å²) >= 11 is 0. The smallest absolute Gasteiger partial charge is 0.275 e. The van der Waals surface area contributed by atoms with E-state index in [4.69, 9.17) is 4.74 Å². The number of carbonyl (C=O) groups excluding carboxylic acids is 1. The van der Waals surface area contributed by atoms with Crippen LogP contribution in [0.15, 0.2) is 76.4 Å². The molecule has 8 nitrogen and oxygen atoms in total. The number of aryl methyl sites for hydroxylation is 1. The van der Waals surface area contributed by atoms with Gasteiger partial charge >= 0.3 is 0 Å². The molecule has 0 atom stereocenters. The van der Waals surface area contributed by atoms with Crippen molar-refractivity contribution >= 4 is 21.6 Å². The second-order valence-corrected chi connectivity index (χ2v) is 8.51. The average molecular weight is 442 g/mol. The lowest BCUT2D eigenvalue weighted by atomic mass is 10.2. The van der Waals surface area contributed by atoms with Crippen molar-refractivity contribution in [2.24, 2.45) is 0 Å². The fraction of sp³-hybridized carbons (Fsp3) is 0.182. The first kappa shape index (κ1) is 22.1. The van der Waals surface area contributed by atoms with Gasteiger partial charge in [-0.2, -0.15) is 0 Å². The maximum absolute atomic E-state index is 12.8. The van der Waals surface area contributed by atoms with E-state index in [-0.39, 0.29) is 23.0 Å². The number of amides is 1. The zero-order chi connectivity index (χ0) is 22.4. The SMILES string of the molecule is COc1ccc(S(=O)(=O)Nc2ccc(C)n(CC(=O)NCc3ccccc3)c2=O)cc1. The molecule has 0 saturated carbocycles. The van der Waals surface area contributed by atoms with Crippen molar-refractivity contribution in [2.75, 3.05) is 11.8 Å². The molecule has 162 valence electrons. The molecule has 0 fully saturated rings. The number of pyridine rings is 1. The number of anilines is 1. The Balaban J connectivity index is 1.76. The highest BCUT2D eigenvalue weighted by atomic mass is 32.2. The first-order chi connectivity index (χ1) is 14.8. The number of hydrogen-bond donors (Lipinski definition) is 2. The summed E-state index contributed by atoms with van der Waals surface area (Å²) in [7, 11) is -2.51. The van der Waals surface area contributed by atoms with Gasteiger partial charge in [0.05, 0.1) is 12.0 Å². The Morgan fingerprint density at radius 1 is 1.00 bits per heavy atom. The van der Waals surface area contributed by atoms with Crippen LogP contribution in [0.1, 0.15) is 11.3 Å². The molecule has 0 aliphatic heterocycles. The lowest BCUT2D eigenvalue weighted by Gasteiger charge is -2.14. The predicted octanol–water partition coefficient (Wildman–Crippen LogP) is 2.28.